The summed E-state index contributed by atoms with van der Waals surface area (Å²) in [6.07, 6.45) is 2.63. The van der Waals surface area contributed by atoms with Crippen molar-refractivity contribution in [1.82, 2.24) is 20.2 Å². The zero-order chi connectivity index (χ0) is 19.5. The van der Waals surface area contributed by atoms with Gasteiger partial charge in [0, 0.05) is 37.9 Å². The van der Waals surface area contributed by atoms with Gasteiger partial charge in [-0.1, -0.05) is 11.3 Å². The fourth-order valence-corrected chi connectivity index (χ4v) is 4.23. The minimum absolute atomic E-state index is 0.111. The van der Waals surface area contributed by atoms with E-state index in [0.29, 0.717) is 5.01 Å². The molecule has 1 fully saturated rings. The molecule has 146 valence electrons. The van der Waals surface area contributed by atoms with Gasteiger partial charge in [-0.2, -0.15) is 0 Å². The van der Waals surface area contributed by atoms with Crippen LogP contribution in [0.25, 0.3) is 10.3 Å². The fourth-order valence-electron chi connectivity index (χ4n) is 3.42. The molecule has 3 heterocycles. The molecule has 1 saturated heterocycles. The highest BCUT2D eigenvalue weighted by atomic mass is 32.1. The van der Waals surface area contributed by atoms with E-state index in [4.69, 9.17) is 9.47 Å². The van der Waals surface area contributed by atoms with Crippen LogP contribution in [0.3, 0.4) is 0 Å². The number of amides is 1. The Balaban J connectivity index is 1.37. The van der Waals surface area contributed by atoms with Crippen LogP contribution in [0.5, 0.6) is 11.5 Å². The molecule has 1 aliphatic heterocycles. The number of fused-ring (bicyclic) bond motifs is 1. The topological polar surface area (TPSA) is 76.6 Å². The Morgan fingerprint density at radius 3 is 2.79 bits per heavy atom. The van der Waals surface area contributed by atoms with Crippen LogP contribution in [0.4, 0.5) is 0 Å². The molecular weight excluding hydrogens is 376 g/mol. The number of hydrogen-bond acceptors (Lipinski definition) is 7. The van der Waals surface area contributed by atoms with Gasteiger partial charge < -0.3 is 14.8 Å². The van der Waals surface area contributed by atoms with Crippen molar-refractivity contribution < 1.29 is 14.3 Å². The van der Waals surface area contributed by atoms with Crippen LogP contribution in [0.2, 0.25) is 0 Å². The van der Waals surface area contributed by atoms with Crippen LogP contribution in [0.1, 0.15) is 21.8 Å². The number of thiazole rings is 1. The number of likely N-dealkylation sites (tertiary alicyclic amines) is 1. The Hall–Kier alpha value is -2.71. The van der Waals surface area contributed by atoms with E-state index >= 15 is 0 Å². The Morgan fingerprint density at radius 1 is 1.29 bits per heavy atom. The van der Waals surface area contributed by atoms with Crippen LogP contribution in [-0.4, -0.2) is 54.1 Å². The number of aromatic nitrogens is 2. The number of carbonyl (C=O) groups excluding carboxylic acids is 1. The maximum atomic E-state index is 12.6. The average Bonchev–Trinajstić information content (AvgIpc) is 3.34. The number of carbonyl (C=O) groups is 1. The van der Waals surface area contributed by atoms with E-state index in [2.05, 4.69) is 20.2 Å². The monoisotopic (exact) mass is 398 g/mol. The quantitative estimate of drug-likeness (QED) is 0.688. The highest BCUT2D eigenvalue weighted by Gasteiger charge is 2.25. The summed E-state index contributed by atoms with van der Waals surface area (Å²) >= 11 is 1.32. The summed E-state index contributed by atoms with van der Waals surface area (Å²) in [5, 5.41) is 3.57. The molecule has 1 N–H and O–H groups in total. The van der Waals surface area contributed by atoms with E-state index in [1.807, 2.05) is 30.3 Å². The van der Waals surface area contributed by atoms with Crippen molar-refractivity contribution in [1.29, 1.82) is 0 Å². The highest BCUT2D eigenvalue weighted by Crippen LogP contribution is 2.25. The summed E-state index contributed by atoms with van der Waals surface area (Å²) in [5.41, 5.74) is 1.89. The molecule has 0 bridgehead atoms. The second kappa shape index (κ2) is 8.12. The second-order valence-corrected chi connectivity index (χ2v) is 7.74. The molecule has 3 aromatic rings. The molecule has 7 nitrogen and oxygen atoms in total. The van der Waals surface area contributed by atoms with Gasteiger partial charge in [-0.25, -0.2) is 9.97 Å². The van der Waals surface area contributed by atoms with Crippen molar-refractivity contribution in [2.24, 2.45) is 0 Å². The lowest BCUT2D eigenvalue weighted by Gasteiger charge is -2.17. The predicted octanol–water partition coefficient (Wildman–Crippen LogP) is 2.71. The average molecular weight is 398 g/mol. The molecule has 0 aliphatic carbocycles. The molecule has 8 heteroatoms. The van der Waals surface area contributed by atoms with E-state index in [9.17, 15) is 4.79 Å². The van der Waals surface area contributed by atoms with Gasteiger partial charge in [-0.3, -0.25) is 9.69 Å². The van der Waals surface area contributed by atoms with Crippen molar-refractivity contribution in [3.8, 4) is 11.5 Å². The summed E-state index contributed by atoms with van der Waals surface area (Å²) in [7, 11) is 3.30. The first-order chi connectivity index (χ1) is 13.6. The third kappa shape index (κ3) is 4.07. The van der Waals surface area contributed by atoms with E-state index in [0.717, 1.165) is 53.5 Å². The lowest BCUT2D eigenvalue weighted by molar-refractivity contribution is 0.0937. The van der Waals surface area contributed by atoms with Crippen LogP contribution >= 0.6 is 11.3 Å². The molecular formula is C20H22N4O3S. The Kier molecular flexibility index (Phi) is 5.40. The normalized spacial score (nSPS) is 17.0. The van der Waals surface area contributed by atoms with Gasteiger partial charge in [0.25, 0.3) is 5.91 Å². The standard InChI is InChI=1S/C20H22N4O3S/c1-26-15-8-13(9-16(10-15)27-2)11-24-7-5-14(12-24)22-18(25)20-23-17-4-3-6-21-19(17)28-20/h3-4,6,8-10,14H,5,7,11-12H2,1-2H3,(H,22,25). The number of hydrogen-bond donors (Lipinski definition) is 1. The summed E-state index contributed by atoms with van der Waals surface area (Å²) in [6.45, 7) is 2.51. The van der Waals surface area contributed by atoms with Crippen molar-refractivity contribution in [2.75, 3.05) is 27.3 Å². The molecule has 0 saturated carbocycles. The number of nitrogens with zero attached hydrogens (tertiary/aromatic N) is 3. The lowest BCUT2D eigenvalue weighted by Crippen LogP contribution is -2.36. The van der Waals surface area contributed by atoms with Crippen molar-refractivity contribution >= 4 is 27.6 Å². The van der Waals surface area contributed by atoms with Crippen LogP contribution in [-0.2, 0) is 6.54 Å². The molecule has 28 heavy (non-hydrogen) atoms. The molecule has 1 atom stereocenters. The zero-order valence-electron chi connectivity index (χ0n) is 15.8. The van der Waals surface area contributed by atoms with Gasteiger partial charge >= 0.3 is 0 Å². The van der Waals surface area contributed by atoms with Crippen LogP contribution < -0.4 is 14.8 Å². The summed E-state index contributed by atoms with van der Waals surface area (Å²) < 4.78 is 10.7. The van der Waals surface area contributed by atoms with E-state index in [1.165, 1.54) is 11.3 Å². The number of ether oxygens (including phenoxy) is 2. The number of nitrogens with one attached hydrogen (secondary N) is 1. The number of benzene rings is 1. The molecule has 1 unspecified atom stereocenters. The van der Waals surface area contributed by atoms with Crippen LogP contribution in [0.15, 0.2) is 36.5 Å². The van der Waals surface area contributed by atoms with Crippen molar-refractivity contribution in [2.45, 2.75) is 19.0 Å². The molecule has 0 radical (unpaired) electrons. The Morgan fingerprint density at radius 2 is 2.07 bits per heavy atom. The Bertz CT molecular complexity index is 935. The van der Waals surface area contributed by atoms with Gasteiger partial charge in [0.15, 0.2) is 5.01 Å². The van der Waals surface area contributed by atoms with Crippen molar-refractivity contribution in [3.63, 3.8) is 0 Å². The second-order valence-electron chi connectivity index (χ2n) is 6.76. The largest absolute Gasteiger partial charge is 0.497 e. The number of methoxy groups -OCH3 is 2. The smallest absolute Gasteiger partial charge is 0.280 e. The van der Waals surface area contributed by atoms with Crippen LogP contribution in [0, 0.1) is 0 Å². The third-order valence-electron chi connectivity index (χ3n) is 4.79. The maximum absolute atomic E-state index is 12.6. The first-order valence-electron chi connectivity index (χ1n) is 9.11. The Labute approximate surface area is 167 Å². The molecule has 1 aliphatic rings. The molecule has 0 spiro atoms. The highest BCUT2D eigenvalue weighted by molar-refractivity contribution is 7.19. The lowest BCUT2D eigenvalue weighted by atomic mass is 10.2. The predicted molar refractivity (Wildman–Crippen MR) is 108 cm³/mol. The number of rotatable bonds is 6. The summed E-state index contributed by atoms with van der Waals surface area (Å²) in [5.74, 6) is 1.43. The summed E-state index contributed by atoms with van der Waals surface area (Å²) in [6, 6.07) is 9.70. The molecule has 1 aromatic carbocycles. The van der Waals surface area contributed by atoms with Gasteiger partial charge in [0.1, 0.15) is 21.8 Å². The van der Waals surface area contributed by atoms with Gasteiger partial charge in [-0.15, -0.1) is 0 Å². The fraction of sp³-hybridized carbons (Fsp3) is 0.350. The van der Waals surface area contributed by atoms with Gasteiger partial charge in [-0.05, 0) is 36.2 Å². The van der Waals surface area contributed by atoms with Gasteiger partial charge in [0.05, 0.1) is 14.2 Å². The van der Waals surface area contributed by atoms with E-state index in [-0.39, 0.29) is 11.9 Å². The third-order valence-corrected chi connectivity index (χ3v) is 5.76. The van der Waals surface area contributed by atoms with Crippen molar-refractivity contribution in [3.05, 3.63) is 47.1 Å². The summed E-state index contributed by atoms with van der Waals surface area (Å²) in [4.78, 5) is 24.3. The minimum Gasteiger partial charge on any atom is -0.497 e. The molecule has 1 amide bonds. The SMILES string of the molecule is COc1cc(CN2CCC(NC(=O)c3nc4cccnc4s3)C2)cc(OC)c1. The minimum atomic E-state index is -0.127. The first-order valence-corrected chi connectivity index (χ1v) is 9.93. The van der Waals surface area contributed by atoms with E-state index in [1.54, 1.807) is 20.4 Å². The molecule has 4 rings (SSSR count). The van der Waals surface area contributed by atoms with E-state index < -0.39 is 0 Å². The molecule has 2 aromatic heterocycles. The number of pyridine rings is 1. The maximum Gasteiger partial charge on any atom is 0.280 e. The first kappa shape index (κ1) is 18.6. The zero-order valence-corrected chi connectivity index (χ0v) is 16.7. The van der Waals surface area contributed by atoms with Gasteiger partial charge in [0.2, 0.25) is 0 Å².